The Morgan fingerprint density at radius 3 is 2.68 bits per heavy atom. The standard InChI is InChI=1S/C17H34N2/c1-5-16-12-19(17(10-18-16)13(2)3)11-15-8-6-7-14(4)9-15/h13-18H,5-12H2,1-4H3. The van der Waals surface area contributed by atoms with Crippen molar-refractivity contribution in [2.24, 2.45) is 17.8 Å². The van der Waals surface area contributed by atoms with E-state index < -0.39 is 0 Å². The minimum absolute atomic E-state index is 0.719. The first-order chi connectivity index (χ1) is 9.10. The molecule has 0 spiro atoms. The van der Waals surface area contributed by atoms with Crippen LogP contribution in [0.15, 0.2) is 0 Å². The molecule has 0 radical (unpaired) electrons. The van der Waals surface area contributed by atoms with Crippen molar-refractivity contribution in [1.82, 2.24) is 10.2 Å². The van der Waals surface area contributed by atoms with Gasteiger partial charge in [-0.25, -0.2) is 0 Å². The molecule has 1 heterocycles. The van der Waals surface area contributed by atoms with E-state index in [2.05, 4.69) is 37.9 Å². The lowest BCUT2D eigenvalue weighted by Crippen LogP contribution is -2.59. The molecule has 4 unspecified atom stereocenters. The summed E-state index contributed by atoms with van der Waals surface area (Å²) >= 11 is 0. The third-order valence-corrected chi connectivity index (χ3v) is 5.34. The lowest BCUT2D eigenvalue weighted by molar-refractivity contribution is 0.0682. The molecule has 1 saturated heterocycles. The predicted octanol–water partition coefficient (Wildman–Crippen LogP) is 3.52. The van der Waals surface area contributed by atoms with Crippen LogP contribution in [0.5, 0.6) is 0 Å². The van der Waals surface area contributed by atoms with Crippen molar-refractivity contribution < 1.29 is 0 Å². The molecule has 4 atom stereocenters. The van der Waals surface area contributed by atoms with Gasteiger partial charge in [-0.05, 0) is 37.0 Å². The minimum Gasteiger partial charge on any atom is -0.311 e. The van der Waals surface area contributed by atoms with Crippen LogP contribution in [0.3, 0.4) is 0 Å². The Morgan fingerprint density at radius 1 is 1.26 bits per heavy atom. The quantitative estimate of drug-likeness (QED) is 0.837. The Bertz CT molecular complexity index is 264. The highest BCUT2D eigenvalue weighted by Crippen LogP contribution is 2.30. The number of piperazine rings is 1. The van der Waals surface area contributed by atoms with Crippen LogP contribution in [-0.4, -0.2) is 36.6 Å². The zero-order valence-corrected chi connectivity index (χ0v) is 13.5. The molecule has 0 aromatic rings. The number of nitrogens with zero attached hydrogens (tertiary/aromatic N) is 1. The molecule has 2 fully saturated rings. The van der Waals surface area contributed by atoms with E-state index in [-0.39, 0.29) is 0 Å². The summed E-state index contributed by atoms with van der Waals surface area (Å²) in [4.78, 5) is 2.82. The van der Waals surface area contributed by atoms with Crippen molar-refractivity contribution in [3.05, 3.63) is 0 Å². The Hall–Kier alpha value is -0.0800. The van der Waals surface area contributed by atoms with Gasteiger partial charge in [0.1, 0.15) is 0 Å². The van der Waals surface area contributed by atoms with Gasteiger partial charge in [0.15, 0.2) is 0 Å². The second-order valence-corrected chi connectivity index (χ2v) is 7.42. The highest BCUT2D eigenvalue weighted by molar-refractivity contribution is 4.88. The van der Waals surface area contributed by atoms with Gasteiger partial charge in [-0.3, -0.25) is 4.90 Å². The van der Waals surface area contributed by atoms with E-state index in [9.17, 15) is 0 Å². The van der Waals surface area contributed by atoms with Crippen molar-refractivity contribution in [3.63, 3.8) is 0 Å². The average Bonchev–Trinajstić information content (AvgIpc) is 2.38. The fourth-order valence-electron chi connectivity index (χ4n) is 4.10. The Labute approximate surface area is 120 Å². The molecule has 1 aliphatic carbocycles. The molecular weight excluding hydrogens is 232 g/mol. The first-order valence-electron chi connectivity index (χ1n) is 8.57. The third-order valence-electron chi connectivity index (χ3n) is 5.34. The van der Waals surface area contributed by atoms with E-state index >= 15 is 0 Å². The zero-order valence-electron chi connectivity index (χ0n) is 13.5. The van der Waals surface area contributed by atoms with E-state index in [1.165, 1.54) is 51.7 Å². The third kappa shape index (κ3) is 4.19. The molecule has 1 N–H and O–H groups in total. The Balaban J connectivity index is 1.92. The van der Waals surface area contributed by atoms with Crippen LogP contribution in [0.2, 0.25) is 0 Å². The summed E-state index contributed by atoms with van der Waals surface area (Å²) in [5.74, 6) is 2.69. The summed E-state index contributed by atoms with van der Waals surface area (Å²) in [5, 5.41) is 3.73. The smallest absolute Gasteiger partial charge is 0.0244 e. The first kappa shape index (κ1) is 15.3. The summed E-state index contributed by atoms with van der Waals surface area (Å²) in [6, 6.07) is 1.47. The van der Waals surface area contributed by atoms with Gasteiger partial charge in [0.05, 0.1) is 0 Å². The molecule has 19 heavy (non-hydrogen) atoms. The second-order valence-electron chi connectivity index (χ2n) is 7.42. The van der Waals surface area contributed by atoms with Gasteiger partial charge in [-0.2, -0.15) is 0 Å². The molecule has 2 rings (SSSR count). The normalized spacial score (nSPS) is 37.7. The molecule has 2 aliphatic rings. The van der Waals surface area contributed by atoms with Crippen LogP contribution in [0.25, 0.3) is 0 Å². The van der Waals surface area contributed by atoms with Crippen LogP contribution in [-0.2, 0) is 0 Å². The highest BCUT2D eigenvalue weighted by Gasteiger charge is 2.31. The maximum atomic E-state index is 3.73. The lowest BCUT2D eigenvalue weighted by Gasteiger charge is -2.44. The molecule has 0 aromatic carbocycles. The molecular formula is C17H34N2. The van der Waals surface area contributed by atoms with Crippen molar-refractivity contribution in [1.29, 1.82) is 0 Å². The van der Waals surface area contributed by atoms with E-state index in [0.29, 0.717) is 0 Å². The maximum absolute atomic E-state index is 3.73. The monoisotopic (exact) mass is 266 g/mol. The lowest BCUT2D eigenvalue weighted by atomic mass is 9.81. The maximum Gasteiger partial charge on any atom is 0.0244 e. The fourth-order valence-corrected chi connectivity index (χ4v) is 4.10. The van der Waals surface area contributed by atoms with Crippen LogP contribution in [0.1, 0.15) is 59.8 Å². The molecule has 1 saturated carbocycles. The molecule has 0 amide bonds. The number of hydrogen-bond acceptors (Lipinski definition) is 2. The molecule has 112 valence electrons. The average molecular weight is 266 g/mol. The van der Waals surface area contributed by atoms with Crippen LogP contribution in [0, 0.1) is 17.8 Å². The summed E-state index contributed by atoms with van der Waals surface area (Å²) in [6.45, 7) is 13.3. The molecule has 0 aromatic heterocycles. The first-order valence-corrected chi connectivity index (χ1v) is 8.57. The summed E-state index contributed by atoms with van der Waals surface area (Å²) in [6.07, 6.45) is 7.12. The van der Waals surface area contributed by atoms with Gasteiger partial charge in [0.2, 0.25) is 0 Å². The van der Waals surface area contributed by atoms with Crippen molar-refractivity contribution >= 4 is 0 Å². The van der Waals surface area contributed by atoms with Gasteiger partial charge in [-0.15, -0.1) is 0 Å². The van der Waals surface area contributed by atoms with Gasteiger partial charge in [0, 0.05) is 31.7 Å². The number of nitrogens with one attached hydrogen (secondary N) is 1. The number of rotatable bonds is 4. The highest BCUT2D eigenvalue weighted by atomic mass is 15.2. The summed E-state index contributed by atoms with van der Waals surface area (Å²) in [7, 11) is 0. The zero-order chi connectivity index (χ0) is 13.8. The molecule has 2 heteroatoms. The molecule has 0 bridgehead atoms. The molecule has 1 aliphatic heterocycles. The largest absolute Gasteiger partial charge is 0.311 e. The SMILES string of the molecule is CCC1CN(CC2CCCC(C)C2)C(C(C)C)CN1. The molecule has 2 nitrogen and oxygen atoms in total. The minimum atomic E-state index is 0.719. The van der Waals surface area contributed by atoms with Gasteiger partial charge >= 0.3 is 0 Å². The van der Waals surface area contributed by atoms with E-state index in [1.807, 2.05) is 0 Å². The van der Waals surface area contributed by atoms with Crippen LogP contribution in [0.4, 0.5) is 0 Å². The van der Waals surface area contributed by atoms with Crippen molar-refractivity contribution in [2.75, 3.05) is 19.6 Å². The predicted molar refractivity (Wildman–Crippen MR) is 83.4 cm³/mol. The summed E-state index contributed by atoms with van der Waals surface area (Å²) in [5.41, 5.74) is 0. The topological polar surface area (TPSA) is 15.3 Å². The van der Waals surface area contributed by atoms with E-state index in [0.717, 1.165) is 29.8 Å². The van der Waals surface area contributed by atoms with Crippen LogP contribution < -0.4 is 5.32 Å². The van der Waals surface area contributed by atoms with Gasteiger partial charge in [-0.1, -0.05) is 40.5 Å². The van der Waals surface area contributed by atoms with Crippen LogP contribution >= 0.6 is 0 Å². The van der Waals surface area contributed by atoms with Gasteiger partial charge in [0.25, 0.3) is 0 Å². The Kier molecular flexibility index (Phi) is 5.70. The number of hydrogen-bond donors (Lipinski definition) is 1. The van der Waals surface area contributed by atoms with E-state index in [1.54, 1.807) is 0 Å². The Morgan fingerprint density at radius 2 is 2.05 bits per heavy atom. The van der Waals surface area contributed by atoms with Crippen molar-refractivity contribution in [2.45, 2.75) is 71.9 Å². The van der Waals surface area contributed by atoms with Gasteiger partial charge < -0.3 is 5.32 Å². The summed E-state index contributed by atoms with van der Waals surface area (Å²) < 4.78 is 0. The second kappa shape index (κ2) is 7.08. The van der Waals surface area contributed by atoms with E-state index in [4.69, 9.17) is 0 Å². The fraction of sp³-hybridized carbons (Fsp3) is 1.00. The van der Waals surface area contributed by atoms with Crippen molar-refractivity contribution in [3.8, 4) is 0 Å².